The minimum absolute atomic E-state index is 0.0324. The van der Waals surface area contributed by atoms with Crippen molar-refractivity contribution in [2.45, 2.75) is 19.5 Å². The number of halogens is 4. The van der Waals surface area contributed by atoms with Crippen LogP contribution < -0.4 is 5.32 Å². The fraction of sp³-hybridized carbons (Fsp3) is 0.200. The standard InChI is InChI=1S/C15H13ClF3N/c1-9(15-13(18)3-2-4-14(15)19)20-8-10-5-11(16)7-12(17)6-10/h2-7,9,20H,8H2,1H3. The normalized spacial score (nSPS) is 12.4. The van der Waals surface area contributed by atoms with Crippen LogP contribution in [-0.2, 0) is 6.54 Å². The average molecular weight is 300 g/mol. The van der Waals surface area contributed by atoms with Gasteiger partial charge in [-0.3, -0.25) is 0 Å². The number of nitrogens with one attached hydrogen (secondary N) is 1. The fourth-order valence-corrected chi connectivity index (χ4v) is 2.25. The maximum atomic E-state index is 13.6. The summed E-state index contributed by atoms with van der Waals surface area (Å²) in [4.78, 5) is 0. The van der Waals surface area contributed by atoms with Crippen LogP contribution in [-0.4, -0.2) is 0 Å². The van der Waals surface area contributed by atoms with Gasteiger partial charge in [0.25, 0.3) is 0 Å². The van der Waals surface area contributed by atoms with E-state index >= 15 is 0 Å². The van der Waals surface area contributed by atoms with Crippen molar-refractivity contribution in [2.75, 3.05) is 0 Å². The van der Waals surface area contributed by atoms with Crippen LogP contribution in [0.2, 0.25) is 5.02 Å². The summed E-state index contributed by atoms with van der Waals surface area (Å²) in [6, 6.07) is 7.30. The second-order valence-electron chi connectivity index (χ2n) is 4.52. The Morgan fingerprint density at radius 3 is 2.35 bits per heavy atom. The summed E-state index contributed by atoms with van der Waals surface area (Å²) in [5.74, 6) is -1.66. The van der Waals surface area contributed by atoms with E-state index in [0.717, 1.165) is 0 Å². The molecule has 20 heavy (non-hydrogen) atoms. The van der Waals surface area contributed by atoms with Gasteiger partial charge in [-0.2, -0.15) is 0 Å². The predicted octanol–water partition coefficient (Wildman–Crippen LogP) is 4.61. The zero-order valence-corrected chi connectivity index (χ0v) is 11.5. The zero-order chi connectivity index (χ0) is 14.7. The van der Waals surface area contributed by atoms with Crippen molar-refractivity contribution in [3.05, 3.63) is 70.0 Å². The Kier molecular flexibility index (Phi) is 4.68. The molecule has 0 aliphatic carbocycles. The number of hydrogen-bond acceptors (Lipinski definition) is 1. The Labute approximate surface area is 120 Å². The maximum Gasteiger partial charge on any atom is 0.130 e. The molecule has 0 aliphatic rings. The first-order valence-corrected chi connectivity index (χ1v) is 6.47. The van der Waals surface area contributed by atoms with E-state index in [1.165, 1.54) is 30.3 Å². The van der Waals surface area contributed by atoms with E-state index in [2.05, 4.69) is 5.32 Å². The molecule has 2 aromatic carbocycles. The molecule has 5 heteroatoms. The highest BCUT2D eigenvalue weighted by Crippen LogP contribution is 2.21. The van der Waals surface area contributed by atoms with E-state index in [4.69, 9.17) is 11.6 Å². The third-order valence-electron chi connectivity index (χ3n) is 2.97. The molecule has 0 radical (unpaired) electrons. The highest BCUT2D eigenvalue weighted by atomic mass is 35.5. The first-order valence-electron chi connectivity index (χ1n) is 6.09. The molecule has 1 N–H and O–H groups in total. The van der Waals surface area contributed by atoms with E-state index in [1.807, 2.05) is 0 Å². The van der Waals surface area contributed by atoms with Crippen LogP contribution in [0.1, 0.15) is 24.1 Å². The monoisotopic (exact) mass is 299 g/mol. The molecule has 0 heterocycles. The zero-order valence-electron chi connectivity index (χ0n) is 10.8. The van der Waals surface area contributed by atoms with Gasteiger partial charge in [-0.05, 0) is 42.8 Å². The molecule has 0 amide bonds. The molecule has 0 aromatic heterocycles. The number of benzene rings is 2. The Bertz CT molecular complexity index is 576. The third-order valence-corrected chi connectivity index (χ3v) is 3.19. The van der Waals surface area contributed by atoms with Gasteiger partial charge < -0.3 is 5.32 Å². The van der Waals surface area contributed by atoms with Gasteiger partial charge in [-0.15, -0.1) is 0 Å². The van der Waals surface area contributed by atoms with Crippen molar-refractivity contribution >= 4 is 11.6 Å². The van der Waals surface area contributed by atoms with Gasteiger partial charge in [0, 0.05) is 23.2 Å². The second kappa shape index (κ2) is 6.29. The van der Waals surface area contributed by atoms with Gasteiger partial charge in [0.2, 0.25) is 0 Å². The van der Waals surface area contributed by atoms with Gasteiger partial charge in [-0.1, -0.05) is 17.7 Å². The lowest BCUT2D eigenvalue weighted by molar-refractivity contribution is 0.487. The number of hydrogen-bond donors (Lipinski definition) is 1. The Morgan fingerprint density at radius 1 is 1.10 bits per heavy atom. The molecule has 1 nitrogen and oxygen atoms in total. The average Bonchev–Trinajstić information content (AvgIpc) is 2.35. The molecule has 0 aliphatic heterocycles. The molecule has 106 valence electrons. The predicted molar refractivity (Wildman–Crippen MR) is 73.0 cm³/mol. The molecule has 0 bridgehead atoms. The van der Waals surface area contributed by atoms with Crippen molar-refractivity contribution in [3.8, 4) is 0 Å². The lowest BCUT2D eigenvalue weighted by atomic mass is 10.1. The lowest BCUT2D eigenvalue weighted by Gasteiger charge is -2.16. The van der Waals surface area contributed by atoms with Gasteiger partial charge in [0.15, 0.2) is 0 Å². The summed E-state index contributed by atoms with van der Waals surface area (Å²) in [5, 5.41) is 3.23. The highest BCUT2D eigenvalue weighted by molar-refractivity contribution is 6.30. The summed E-state index contributed by atoms with van der Waals surface area (Å²) < 4.78 is 40.4. The van der Waals surface area contributed by atoms with E-state index in [9.17, 15) is 13.2 Å². The smallest absolute Gasteiger partial charge is 0.130 e. The Hall–Kier alpha value is -1.52. The van der Waals surface area contributed by atoms with Crippen LogP contribution in [0.3, 0.4) is 0 Å². The van der Waals surface area contributed by atoms with Crippen LogP contribution >= 0.6 is 11.6 Å². The first kappa shape index (κ1) is 14.9. The van der Waals surface area contributed by atoms with Crippen LogP contribution in [0.5, 0.6) is 0 Å². The van der Waals surface area contributed by atoms with Crippen LogP contribution in [0.15, 0.2) is 36.4 Å². The van der Waals surface area contributed by atoms with Gasteiger partial charge >= 0.3 is 0 Å². The topological polar surface area (TPSA) is 12.0 Å². The highest BCUT2D eigenvalue weighted by Gasteiger charge is 2.15. The number of rotatable bonds is 4. The van der Waals surface area contributed by atoms with Crippen molar-refractivity contribution < 1.29 is 13.2 Å². The SMILES string of the molecule is CC(NCc1cc(F)cc(Cl)c1)c1c(F)cccc1F. The van der Waals surface area contributed by atoms with Crippen molar-refractivity contribution in [2.24, 2.45) is 0 Å². The van der Waals surface area contributed by atoms with Crippen molar-refractivity contribution in [1.29, 1.82) is 0 Å². The molecule has 0 saturated heterocycles. The van der Waals surface area contributed by atoms with E-state index in [-0.39, 0.29) is 17.1 Å². The molecule has 2 rings (SSSR count). The molecular formula is C15H13ClF3N. The van der Waals surface area contributed by atoms with Crippen molar-refractivity contribution in [1.82, 2.24) is 5.32 Å². The third kappa shape index (κ3) is 3.52. The van der Waals surface area contributed by atoms with Crippen LogP contribution in [0.25, 0.3) is 0 Å². The van der Waals surface area contributed by atoms with Gasteiger partial charge in [0.1, 0.15) is 17.5 Å². The van der Waals surface area contributed by atoms with Crippen LogP contribution in [0, 0.1) is 17.5 Å². The summed E-state index contributed by atoms with van der Waals surface area (Å²) in [5.41, 5.74) is 0.577. The van der Waals surface area contributed by atoms with E-state index in [0.29, 0.717) is 5.56 Å². The maximum absolute atomic E-state index is 13.6. The summed E-state index contributed by atoms with van der Waals surface area (Å²) in [6.45, 7) is 1.90. The molecule has 1 atom stereocenters. The van der Waals surface area contributed by atoms with Crippen LogP contribution in [0.4, 0.5) is 13.2 Å². The van der Waals surface area contributed by atoms with Gasteiger partial charge in [-0.25, -0.2) is 13.2 Å². The summed E-state index contributed by atoms with van der Waals surface area (Å²) in [7, 11) is 0. The fourth-order valence-electron chi connectivity index (χ4n) is 2.01. The molecule has 2 aromatic rings. The first-order chi connectivity index (χ1) is 9.47. The lowest BCUT2D eigenvalue weighted by Crippen LogP contribution is -2.20. The molecule has 0 fully saturated rings. The van der Waals surface area contributed by atoms with E-state index in [1.54, 1.807) is 13.0 Å². The molecular weight excluding hydrogens is 287 g/mol. The van der Waals surface area contributed by atoms with Crippen molar-refractivity contribution in [3.63, 3.8) is 0 Å². The summed E-state index contributed by atoms with van der Waals surface area (Å²) >= 11 is 5.75. The minimum atomic E-state index is -0.609. The summed E-state index contributed by atoms with van der Waals surface area (Å²) in [6.07, 6.45) is 0. The van der Waals surface area contributed by atoms with Gasteiger partial charge in [0.05, 0.1) is 0 Å². The Morgan fingerprint density at radius 2 is 1.75 bits per heavy atom. The minimum Gasteiger partial charge on any atom is -0.306 e. The Balaban J connectivity index is 2.10. The second-order valence-corrected chi connectivity index (χ2v) is 4.95. The molecule has 1 unspecified atom stereocenters. The molecule has 0 spiro atoms. The largest absolute Gasteiger partial charge is 0.306 e. The van der Waals surface area contributed by atoms with E-state index < -0.39 is 23.5 Å². The quantitative estimate of drug-likeness (QED) is 0.869. The molecule has 0 saturated carbocycles.